The van der Waals surface area contributed by atoms with Crippen LogP contribution in [-0.2, 0) is 10.0 Å². The molecule has 0 saturated carbocycles. The lowest BCUT2D eigenvalue weighted by Crippen LogP contribution is -2.15. The van der Waals surface area contributed by atoms with E-state index in [2.05, 4.69) is 14.7 Å². The van der Waals surface area contributed by atoms with Crippen molar-refractivity contribution in [2.24, 2.45) is 0 Å². The van der Waals surface area contributed by atoms with Crippen molar-refractivity contribution in [2.45, 2.75) is 4.90 Å². The minimum atomic E-state index is -4.13. The van der Waals surface area contributed by atoms with Gasteiger partial charge in [0.25, 0.3) is 10.0 Å². The van der Waals surface area contributed by atoms with Crippen molar-refractivity contribution in [3.8, 4) is 6.07 Å². The van der Waals surface area contributed by atoms with Crippen LogP contribution in [0.1, 0.15) is 5.56 Å². The highest BCUT2D eigenvalue weighted by atomic mass is 35.5. The van der Waals surface area contributed by atoms with E-state index < -0.39 is 10.0 Å². The molecule has 0 spiro atoms. The summed E-state index contributed by atoms with van der Waals surface area (Å²) in [5.74, 6) is 0. The first-order valence-corrected chi connectivity index (χ1v) is 7.85. The molecule has 1 heterocycles. The van der Waals surface area contributed by atoms with Gasteiger partial charge in [-0.25, -0.2) is 18.4 Å². The fourth-order valence-corrected chi connectivity index (χ4v) is 3.44. The fourth-order valence-electron chi connectivity index (χ4n) is 1.43. The number of anilines is 1. The summed E-state index contributed by atoms with van der Waals surface area (Å²) < 4.78 is 26.8. The van der Waals surface area contributed by atoms with E-state index in [-0.39, 0.29) is 31.5 Å². The minimum Gasteiger partial charge on any atom is -0.274 e. The molecule has 0 radical (unpaired) electrons. The predicted molar refractivity (Wildman–Crippen MR) is 79.0 cm³/mol. The number of benzene rings is 1. The number of halogens is 3. The Morgan fingerprint density at radius 2 is 1.76 bits per heavy atom. The van der Waals surface area contributed by atoms with Crippen molar-refractivity contribution in [1.82, 2.24) is 9.97 Å². The summed E-state index contributed by atoms with van der Waals surface area (Å²) in [5, 5.41) is 8.81. The van der Waals surface area contributed by atoms with Crippen molar-refractivity contribution in [3.05, 3.63) is 45.4 Å². The van der Waals surface area contributed by atoms with Crippen LogP contribution in [0, 0.1) is 11.3 Å². The Hall–Kier alpha value is -1.59. The van der Waals surface area contributed by atoms with E-state index in [0.717, 1.165) is 12.4 Å². The Bertz CT molecular complexity index is 829. The van der Waals surface area contributed by atoms with Crippen molar-refractivity contribution >= 4 is 50.5 Å². The number of hydrogen-bond donors (Lipinski definition) is 1. The van der Waals surface area contributed by atoms with Crippen LogP contribution in [0.3, 0.4) is 0 Å². The summed E-state index contributed by atoms with van der Waals surface area (Å²) in [6.45, 7) is 0. The zero-order valence-electron chi connectivity index (χ0n) is 10.0. The maximum Gasteiger partial charge on any atom is 0.263 e. The topological polar surface area (TPSA) is 95.7 Å². The third-order valence-electron chi connectivity index (χ3n) is 2.34. The molecule has 2 rings (SSSR count). The summed E-state index contributed by atoms with van der Waals surface area (Å²) >= 11 is 17.3. The molecule has 0 bridgehead atoms. The molecule has 21 heavy (non-hydrogen) atoms. The lowest BCUT2D eigenvalue weighted by Gasteiger charge is -2.11. The smallest absolute Gasteiger partial charge is 0.263 e. The number of sulfonamides is 1. The van der Waals surface area contributed by atoms with Gasteiger partial charge in [-0.1, -0.05) is 34.8 Å². The zero-order valence-corrected chi connectivity index (χ0v) is 13.1. The molecule has 2 aromatic rings. The van der Waals surface area contributed by atoms with Crippen LogP contribution in [0.2, 0.25) is 15.3 Å². The summed E-state index contributed by atoms with van der Waals surface area (Å²) in [6, 6.07) is 5.62. The Balaban J connectivity index is 2.54. The summed E-state index contributed by atoms with van der Waals surface area (Å²) in [4.78, 5) is 6.96. The van der Waals surface area contributed by atoms with Crippen molar-refractivity contribution < 1.29 is 8.42 Å². The molecule has 0 amide bonds. The highest BCUT2D eigenvalue weighted by molar-refractivity contribution is 7.92. The highest BCUT2D eigenvalue weighted by Gasteiger charge is 2.22. The summed E-state index contributed by atoms with van der Waals surface area (Å²) in [6.07, 6.45) is 1.09. The molecular weight excluding hydrogens is 359 g/mol. The average Bonchev–Trinajstić information content (AvgIpc) is 2.43. The third kappa shape index (κ3) is 3.36. The molecule has 0 fully saturated rings. The van der Waals surface area contributed by atoms with Gasteiger partial charge in [0.05, 0.1) is 5.56 Å². The molecule has 1 aromatic carbocycles. The van der Waals surface area contributed by atoms with Crippen LogP contribution in [0.5, 0.6) is 0 Å². The first kappa shape index (κ1) is 15.8. The van der Waals surface area contributed by atoms with E-state index >= 15 is 0 Å². The quantitative estimate of drug-likeness (QED) is 0.845. The monoisotopic (exact) mass is 362 g/mol. The highest BCUT2D eigenvalue weighted by Crippen LogP contribution is 2.29. The number of rotatable bonds is 3. The molecule has 108 valence electrons. The van der Waals surface area contributed by atoms with Gasteiger partial charge in [0.15, 0.2) is 10.3 Å². The molecule has 1 aromatic heterocycles. The van der Waals surface area contributed by atoms with Crippen LogP contribution < -0.4 is 4.72 Å². The fraction of sp³-hybridized carbons (Fsp3) is 0. The van der Waals surface area contributed by atoms with E-state index in [4.69, 9.17) is 40.1 Å². The maximum atomic E-state index is 12.3. The van der Waals surface area contributed by atoms with Gasteiger partial charge in [-0.15, -0.1) is 0 Å². The van der Waals surface area contributed by atoms with E-state index in [9.17, 15) is 8.42 Å². The maximum absolute atomic E-state index is 12.3. The van der Waals surface area contributed by atoms with Crippen LogP contribution in [-0.4, -0.2) is 18.4 Å². The van der Waals surface area contributed by atoms with Gasteiger partial charge < -0.3 is 0 Å². The van der Waals surface area contributed by atoms with Crippen molar-refractivity contribution in [1.29, 1.82) is 5.26 Å². The molecule has 0 unspecified atom stereocenters. The van der Waals surface area contributed by atoms with E-state index in [1.807, 2.05) is 0 Å². The Morgan fingerprint density at radius 1 is 1.14 bits per heavy atom. The Kier molecular flexibility index (Phi) is 4.54. The van der Waals surface area contributed by atoms with E-state index in [1.54, 1.807) is 6.07 Å². The number of nitrogens with zero attached hydrogens (tertiary/aromatic N) is 3. The number of nitrogens with one attached hydrogen (secondary N) is 1. The van der Waals surface area contributed by atoms with Crippen LogP contribution in [0.4, 0.5) is 5.69 Å². The van der Waals surface area contributed by atoms with Gasteiger partial charge in [-0.3, -0.25) is 4.72 Å². The molecule has 0 saturated heterocycles. The Morgan fingerprint density at radius 3 is 2.33 bits per heavy atom. The average molecular weight is 364 g/mol. The normalized spacial score (nSPS) is 11.0. The number of nitriles is 1. The number of hydrogen-bond acceptors (Lipinski definition) is 5. The van der Waals surface area contributed by atoms with E-state index in [1.165, 1.54) is 12.1 Å². The molecule has 0 aliphatic carbocycles. The first-order valence-electron chi connectivity index (χ1n) is 5.23. The van der Waals surface area contributed by atoms with Crippen molar-refractivity contribution in [3.63, 3.8) is 0 Å². The van der Waals surface area contributed by atoms with Crippen molar-refractivity contribution in [2.75, 3.05) is 4.72 Å². The molecule has 0 aliphatic heterocycles. The van der Waals surface area contributed by atoms with Crippen LogP contribution >= 0.6 is 34.8 Å². The van der Waals surface area contributed by atoms with Crippen LogP contribution in [0.15, 0.2) is 29.4 Å². The second-order valence-electron chi connectivity index (χ2n) is 3.69. The lowest BCUT2D eigenvalue weighted by molar-refractivity contribution is 0.601. The summed E-state index contributed by atoms with van der Waals surface area (Å²) in [7, 11) is -4.13. The van der Waals surface area contributed by atoms with Crippen LogP contribution in [0.25, 0.3) is 0 Å². The number of aromatic nitrogens is 2. The predicted octanol–water partition coefficient (Wildman–Crippen LogP) is 3.11. The van der Waals surface area contributed by atoms with Gasteiger partial charge in [0.2, 0.25) is 0 Å². The van der Waals surface area contributed by atoms with Gasteiger partial charge >= 0.3 is 0 Å². The van der Waals surface area contributed by atoms with E-state index in [0.29, 0.717) is 0 Å². The van der Waals surface area contributed by atoms with Gasteiger partial charge in [0.1, 0.15) is 23.0 Å². The summed E-state index contributed by atoms with van der Waals surface area (Å²) in [5.41, 5.74) is -0.249. The zero-order chi connectivity index (χ0) is 15.6. The molecule has 0 atom stereocenters. The molecular formula is C11H5Cl3N4O2S. The van der Waals surface area contributed by atoms with Gasteiger partial charge in [-0.2, -0.15) is 5.26 Å². The second-order valence-corrected chi connectivity index (χ2v) is 6.49. The SMILES string of the molecule is N#Cc1ccc(Cl)cc1S(=O)(=O)Nc1c(Cl)ncnc1Cl. The standard InChI is InChI=1S/C11H5Cl3N4O2S/c12-7-2-1-6(4-15)8(3-7)21(19,20)18-9-10(13)16-5-17-11(9)14/h1-3,5,18H. The lowest BCUT2D eigenvalue weighted by atomic mass is 10.2. The molecule has 0 aliphatic rings. The first-order chi connectivity index (χ1) is 9.85. The second kappa shape index (κ2) is 6.03. The minimum absolute atomic E-state index is 0.0732. The largest absolute Gasteiger partial charge is 0.274 e. The Labute approximate surface area is 135 Å². The van der Waals surface area contributed by atoms with Gasteiger partial charge in [0, 0.05) is 5.02 Å². The molecule has 10 heteroatoms. The molecule has 1 N–H and O–H groups in total. The molecule has 6 nitrogen and oxygen atoms in total. The third-order valence-corrected chi connectivity index (χ3v) is 4.54. The van der Waals surface area contributed by atoms with Gasteiger partial charge in [-0.05, 0) is 18.2 Å².